The van der Waals surface area contributed by atoms with E-state index in [0.717, 1.165) is 5.56 Å². The van der Waals surface area contributed by atoms with E-state index >= 15 is 0 Å². The number of aromatic nitrogens is 4. The van der Waals surface area contributed by atoms with Crippen molar-refractivity contribution in [3.63, 3.8) is 0 Å². The van der Waals surface area contributed by atoms with Gasteiger partial charge in [0.05, 0.1) is 6.42 Å². The van der Waals surface area contributed by atoms with Crippen LogP contribution in [0, 0.1) is 6.92 Å². The molecule has 0 saturated heterocycles. The van der Waals surface area contributed by atoms with E-state index in [2.05, 4.69) is 15.1 Å². The lowest BCUT2D eigenvalue weighted by molar-refractivity contribution is 0.0990. The van der Waals surface area contributed by atoms with Crippen molar-refractivity contribution in [1.82, 2.24) is 19.6 Å². The molecule has 0 aliphatic heterocycles. The summed E-state index contributed by atoms with van der Waals surface area (Å²) in [5.74, 6) is 0.383. The molecule has 0 aliphatic rings. The van der Waals surface area contributed by atoms with Gasteiger partial charge in [0.15, 0.2) is 17.3 Å². The normalized spacial score (nSPS) is 10.9. The highest BCUT2D eigenvalue weighted by molar-refractivity contribution is 6.29. The lowest BCUT2D eigenvalue weighted by Crippen LogP contribution is -2.05. The zero-order valence-electron chi connectivity index (χ0n) is 10.7. The Morgan fingerprint density at radius 2 is 2.25 bits per heavy atom. The molecule has 3 aromatic rings. The van der Waals surface area contributed by atoms with Gasteiger partial charge in [-0.2, -0.15) is 0 Å². The average molecular weight is 287 g/mol. The summed E-state index contributed by atoms with van der Waals surface area (Å²) >= 11 is 6.09. The predicted molar refractivity (Wildman–Crippen MR) is 75.0 cm³/mol. The Labute approximate surface area is 120 Å². The molecular weight excluding hydrogens is 276 g/mol. The van der Waals surface area contributed by atoms with E-state index in [4.69, 9.17) is 11.6 Å². The fourth-order valence-electron chi connectivity index (χ4n) is 1.96. The van der Waals surface area contributed by atoms with Crippen LogP contribution in [-0.4, -0.2) is 25.4 Å². The smallest absolute Gasteiger partial charge is 0.172 e. The first-order valence-corrected chi connectivity index (χ1v) is 6.46. The Kier molecular flexibility index (Phi) is 3.20. The minimum absolute atomic E-state index is 0.0677. The molecule has 20 heavy (non-hydrogen) atoms. The quantitative estimate of drug-likeness (QED) is 0.548. The van der Waals surface area contributed by atoms with Gasteiger partial charge in [-0.05, 0) is 36.8 Å². The fourth-order valence-corrected chi connectivity index (χ4v) is 2.26. The summed E-state index contributed by atoms with van der Waals surface area (Å²) in [6.07, 6.45) is 3.29. The highest BCUT2D eigenvalue weighted by atomic mass is 35.5. The highest BCUT2D eigenvalue weighted by Crippen LogP contribution is 2.15. The van der Waals surface area contributed by atoms with Crippen LogP contribution in [0.2, 0.25) is 5.15 Å². The molecule has 3 rings (SSSR count). The van der Waals surface area contributed by atoms with Crippen LogP contribution in [0.3, 0.4) is 0 Å². The van der Waals surface area contributed by atoms with E-state index < -0.39 is 0 Å². The number of nitrogens with zero attached hydrogens (tertiary/aromatic N) is 4. The van der Waals surface area contributed by atoms with Gasteiger partial charge in [-0.25, -0.2) is 9.50 Å². The molecule has 5 nitrogen and oxygen atoms in total. The monoisotopic (exact) mass is 286 g/mol. The van der Waals surface area contributed by atoms with Crippen LogP contribution in [0.25, 0.3) is 5.65 Å². The largest absolute Gasteiger partial charge is 0.294 e. The topological polar surface area (TPSA) is 60.2 Å². The number of carbonyl (C=O) groups excluding carboxylic acids is 1. The first-order valence-electron chi connectivity index (χ1n) is 6.08. The van der Waals surface area contributed by atoms with Gasteiger partial charge in [0, 0.05) is 18.0 Å². The van der Waals surface area contributed by atoms with Gasteiger partial charge in [0.25, 0.3) is 0 Å². The number of fused-ring (bicyclic) bond motifs is 1. The molecule has 3 aromatic heterocycles. The summed E-state index contributed by atoms with van der Waals surface area (Å²) in [6.45, 7) is 1.93. The van der Waals surface area contributed by atoms with Gasteiger partial charge in [-0.15, -0.1) is 5.10 Å². The molecule has 0 bridgehead atoms. The summed E-state index contributed by atoms with van der Waals surface area (Å²) < 4.78 is 1.53. The second-order valence-electron chi connectivity index (χ2n) is 4.50. The van der Waals surface area contributed by atoms with Crippen molar-refractivity contribution in [1.29, 1.82) is 0 Å². The number of rotatable bonds is 3. The van der Waals surface area contributed by atoms with Crippen molar-refractivity contribution in [3.05, 3.63) is 58.8 Å². The van der Waals surface area contributed by atoms with Crippen molar-refractivity contribution in [2.45, 2.75) is 13.3 Å². The van der Waals surface area contributed by atoms with Crippen LogP contribution in [0.1, 0.15) is 21.7 Å². The van der Waals surface area contributed by atoms with Crippen molar-refractivity contribution in [3.8, 4) is 0 Å². The molecule has 6 heteroatoms. The Hall–Kier alpha value is -2.27. The first-order chi connectivity index (χ1) is 9.63. The molecule has 100 valence electrons. The van der Waals surface area contributed by atoms with Crippen molar-refractivity contribution >= 4 is 23.0 Å². The number of hydrogen-bond donors (Lipinski definition) is 0. The van der Waals surface area contributed by atoms with Gasteiger partial charge in [-0.3, -0.25) is 9.78 Å². The van der Waals surface area contributed by atoms with Crippen molar-refractivity contribution < 1.29 is 4.79 Å². The zero-order valence-corrected chi connectivity index (χ0v) is 11.5. The number of aryl methyl sites for hydroxylation is 1. The predicted octanol–water partition coefficient (Wildman–Crippen LogP) is 2.51. The number of hydrogen-bond acceptors (Lipinski definition) is 4. The second kappa shape index (κ2) is 5.02. The van der Waals surface area contributed by atoms with Crippen molar-refractivity contribution in [2.75, 3.05) is 0 Å². The van der Waals surface area contributed by atoms with Gasteiger partial charge in [0.1, 0.15) is 5.15 Å². The molecule has 3 heterocycles. The minimum Gasteiger partial charge on any atom is -0.294 e. The van der Waals surface area contributed by atoms with E-state index in [-0.39, 0.29) is 12.2 Å². The molecule has 0 N–H and O–H groups in total. The lowest BCUT2D eigenvalue weighted by Gasteiger charge is -1.96. The SMILES string of the molecule is Cc1cc(Cl)n2nc(CC(=O)c3cccnc3)nc2c1. The molecule has 0 spiro atoms. The minimum atomic E-state index is -0.0677. The summed E-state index contributed by atoms with van der Waals surface area (Å²) in [5, 5.41) is 4.73. The van der Waals surface area contributed by atoms with Crippen LogP contribution in [0.5, 0.6) is 0 Å². The lowest BCUT2D eigenvalue weighted by atomic mass is 10.1. The number of halogens is 1. The maximum atomic E-state index is 12.1. The van der Waals surface area contributed by atoms with E-state index in [1.807, 2.05) is 13.0 Å². The second-order valence-corrected chi connectivity index (χ2v) is 4.88. The number of carbonyl (C=O) groups is 1. The maximum Gasteiger partial charge on any atom is 0.172 e. The van der Waals surface area contributed by atoms with Gasteiger partial charge >= 0.3 is 0 Å². The van der Waals surface area contributed by atoms with Crippen LogP contribution >= 0.6 is 11.6 Å². The third kappa shape index (κ3) is 2.40. The number of pyridine rings is 2. The first kappa shape index (κ1) is 12.7. The maximum absolute atomic E-state index is 12.1. The van der Waals surface area contributed by atoms with E-state index in [9.17, 15) is 4.79 Å². The molecular formula is C14H11ClN4O. The van der Waals surface area contributed by atoms with Gasteiger partial charge in [0.2, 0.25) is 0 Å². The average Bonchev–Trinajstić information content (AvgIpc) is 2.82. The fraction of sp³-hybridized carbons (Fsp3) is 0.143. The third-order valence-corrected chi connectivity index (χ3v) is 3.15. The molecule has 0 atom stereocenters. The number of ketones is 1. The highest BCUT2D eigenvalue weighted by Gasteiger charge is 2.12. The third-order valence-electron chi connectivity index (χ3n) is 2.88. The Balaban J connectivity index is 1.92. The van der Waals surface area contributed by atoms with Crippen LogP contribution in [0.15, 0.2) is 36.7 Å². The molecule has 0 saturated carbocycles. The molecule has 0 amide bonds. The van der Waals surface area contributed by atoms with Crippen LogP contribution in [0.4, 0.5) is 0 Å². The molecule has 0 aliphatic carbocycles. The van der Waals surface area contributed by atoms with Crippen LogP contribution < -0.4 is 0 Å². The summed E-state index contributed by atoms with van der Waals surface area (Å²) in [7, 11) is 0. The van der Waals surface area contributed by atoms with E-state index in [0.29, 0.717) is 22.2 Å². The zero-order chi connectivity index (χ0) is 14.1. The summed E-state index contributed by atoms with van der Waals surface area (Å²) in [4.78, 5) is 20.3. The Morgan fingerprint density at radius 1 is 1.40 bits per heavy atom. The summed E-state index contributed by atoms with van der Waals surface area (Å²) in [5.41, 5.74) is 2.19. The van der Waals surface area contributed by atoms with Gasteiger partial charge < -0.3 is 0 Å². The Bertz CT molecular complexity index is 782. The molecule has 0 unspecified atom stereocenters. The summed E-state index contributed by atoms with van der Waals surface area (Å²) in [6, 6.07) is 7.12. The molecule has 0 radical (unpaired) electrons. The van der Waals surface area contributed by atoms with Gasteiger partial charge in [-0.1, -0.05) is 11.6 Å². The molecule has 0 fully saturated rings. The number of Topliss-reactive ketones (excluding diaryl/α,β-unsaturated/α-hetero) is 1. The molecule has 0 aromatic carbocycles. The van der Waals surface area contributed by atoms with Crippen molar-refractivity contribution in [2.24, 2.45) is 0 Å². The van der Waals surface area contributed by atoms with Crippen LogP contribution in [-0.2, 0) is 6.42 Å². The van der Waals surface area contributed by atoms with E-state index in [1.54, 1.807) is 24.4 Å². The standard InChI is InChI=1S/C14H11ClN4O/c1-9-5-12(15)19-14(6-9)17-13(18-19)7-11(20)10-3-2-4-16-8-10/h2-6,8H,7H2,1H3. The van der Waals surface area contributed by atoms with E-state index in [1.165, 1.54) is 10.7 Å². The Morgan fingerprint density at radius 3 is 3.00 bits per heavy atom.